The van der Waals surface area contributed by atoms with Crippen molar-refractivity contribution in [1.82, 2.24) is 19.6 Å². The van der Waals surface area contributed by atoms with E-state index in [9.17, 15) is 0 Å². The van der Waals surface area contributed by atoms with Gasteiger partial charge in [-0.05, 0) is 84.4 Å². The molecule has 0 atom stereocenters. The molecule has 0 bridgehead atoms. The van der Waals surface area contributed by atoms with Crippen LogP contribution in [0, 0.1) is 21.5 Å². The van der Waals surface area contributed by atoms with Gasteiger partial charge in [-0.2, -0.15) is 10.2 Å². The Morgan fingerprint density at radius 1 is 0.808 bits per heavy atom. The molecule has 144 valence electrons. The maximum Gasteiger partial charge on any atom is 0.126 e. The van der Waals surface area contributed by atoms with Gasteiger partial charge >= 0.3 is 0 Å². The highest BCUT2D eigenvalue weighted by atomic mass is 127. The molecular formula is C21H33IN4. The molecular weight excluding hydrogens is 435 g/mol. The zero-order valence-electron chi connectivity index (χ0n) is 17.4. The minimum Gasteiger partial charge on any atom is -0.272 e. The molecule has 0 amide bonds. The lowest BCUT2D eigenvalue weighted by Crippen LogP contribution is -2.22. The Morgan fingerprint density at radius 3 is 1.85 bits per heavy atom. The fourth-order valence-electron chi connectivity index (χ4n) is 4.39. The van der Waals surface area contributed by atoms with Gasteiger partial charge in [0.25, 0.3) is 0 Å². The predicted molar refractivity (Wildman–Crippen MR) is 115 cm³/mol. The first-order valence-corrected chi connectivity index (χ1v) is 10.8. The van der Waals surface area contributed by atoms with Crippen LogP contribution in [0.1, 0.15) is 68.7 Å². The monoisotopic (exact) mass is 468 g/mol. The summed E-state index contributed by atoms with van der Waals surface area (Å²) in [5.41, 5.74) is 8.06. The Balaban J connectivity index is 0.000000151. The first-order valence-electron chi connectivity index (χ1n) is 9.71. The van der Waals surface area contributed by atoms with Crippen LogP contribution < -0.4 is 0 Å². The molecule has 0 N–H and O–H groups in total. The van der Waals surface area contributed by atoms with Gasteiger partial charge in [0.15, 0.2) is 0 Å². The minimum absolute atomic E-state index is 0.468. The molecule has 0 aliphatic heterocycles. The molecule has 4 nitrogen and oxygen atoms in total. The van der Waals surface area contributed by atoms with E-state index in [1.165, 1.54) is 70.4 Å². The number of nitrogens with zero attached hydrogens (tertiary/aromatic N) is 4. The summed E-state index contributed by atoms with van der Waals surface area (Å²) in [6.07, 6.45) is 7.35. The number of hydrogen-bond acceptors (Lipinski definition) is 2. The van der Waals surface area contributed by atoms with Crippen molar-refractivity contribution >= 4 is 22.6 Å². The second kappa shape index (κ2) is 6.95. The third-order valence-electron chi connectivity index (χ3n) is 6.09. The molecule has 2 heterocycles. The summed E-state index contributed by atoms with van der Waals surface area (Å²) in [5.74, 6) is 0. The number of hydrogen-bond donors (Lipinski definition) is 0. The molecule has 0 saturated heterocycles. The second-order valence-corrected chi connectivity index (χ2v) is 10.7. The van der Waals surface area contributed by atoms with Gasteiger partial charge < -0.3 is 0 Å². The molecule has 0 unspecified atom stereocenters. The summed E-state index contributed by atoms with van der Waals surface area (Å²) < 4.78 is 5.30. The van der Waals surface area contributed by atoms with E-state index in [-0.39, 0.29) is 0 Å². The lowest BCUT2D eigenvalue weighted by molar-refractivity contribution is 0.310. The fourth-order valence-corrected chi connectivity index (χ4v) is 5.22. The standard InChI is InChI=1S/C11H18N2.C10H15IN2/c1-8-9-7-11(2,3)6-5-10(9)13(4)12-8;1-10(2)5-4-8-7(6-10)9(11)12-13(8)3/h5-7H2,1-4H3;4-6H2,1-3H3. The highest BCUT2D eigenvalue weighted by Gasteiger charge is 2.30. The molecule has 0 saturated carbocycles. The van der Waals surface area contributed by atoms with Crippen molar-refractivity contribution in [3.63, 3.8) is 0 Å². The van der Waals surface area contributed by atoms with Crippen LogP contribution >= 0.6 is 22.6 Å². The summed E-state index contributed by atoms with van der Waals surface area (Å²) >= 11 is 2.35. The van der Waals surface area contributed by atoms with Crippen LogP contribution in [-0.4, -0.2) is 19.6 Å². The topological polar surface area (TPSA) is 35.6 Å². The molecule has 5 heteroatoms. The van der Waals surface area contributed by atoms with E-state index in [0.29, 0.717) is 10.8 Å². The molecule has 2 aromatic heterocycles. The van der Waals surface area contributed by atoms with Crippen molar-refractivity contribution in [1.29, 1.82) is 0 Å². The Morgan fingerprint density at radius 2 is 1.27 bits per heavy atom. The molecule has 2 aliphatic carbocycles. The van der Waals surface area contributed by atoms with Gasteiger partial charge in [0.05, 0.1) is 5.69 Å². The van der Waals surface area contributed by atoms with E-state index in [1.807, 2.05) is 4.68 Å². The number of halogens is 1. The van der Waals surface area contributed by atoms with Crippen molar-refractivity contribution < 1.29 is 0 Å². The molecule has 26 heavy (non-hydrogen) atoms. The Hall–Kier alpha value is -0.850. The molecule has 0 spiro atoms. The molecule has 0 fully saturated rings. The molecule has 0 aromatic carbocycles. The maximum absolute atomic E-state index is 4.47. The van der Waals surface area contributed by atoms with Gasteiger partial charge in [-0.1, -0.05) is 27.7 Å². The summed E-state index contributed by atoms with van der Waals surface area (Å²) in [6, 6.07) is 0. The zero-order valence-corrected chi connectivity index (χ0v) is 19.6. The normalized spacial score (nSPS) is 20.0. The van der Waals surface area contributed by atoms with Gasteiger partial charge in [0.1, 0.15) is 3.70 Å². The molecule has 2 aromatic rings. The van der Waals surface area contributed by atoms with Gasteiger partial charge in [0, 0.05) is 31.0 Å². The van der Waals surface area contributed by atoms with E-state index in [2.05, 4.69) is 86.2 Å². The number of aryl methyl sites for hydroxylation is 3. The summed E-state index contributed by atoms with van der Waals surface area (Å²) in [4.78, 5) is 0. The van der Waals surface area contributed by atoms with Crippen molar-refractivity contribution in [2.24, 2.45) is 24.9 Å². The van der Waals surface area contributed by atoms with Crippen molar-refractivity contribution in [2.75, 3.05) is 0 Å². The van der Waals surface area contributed by atoms with Gasteiger partial charge in [-0.25, -0.2) is 0 Å². The van der Waals surface area contributed by atoms with Crippen LogP contribution in [0.5, 0.6) is 0 Å². The fraction of sp³-hybridized carbons (Fsp3) is 0.714. The van der Waals surface area contributed by atoms with Gasteiger partial charge in [0.2, 0.25) is 0 Å². The number of aromatic nitrogens is 4. The summed E-state index contributed by atoms with van der Waals surface area (Å²) in [6.45, 7) is 11.5. The van der Waals surface area contributed by atoms with Crippen LogP contribution in [0.25, 0.3) is 0 Å². The minimum atomic E-state index is 0.468. The smallest absolute Gasteiger partial charge is 0.126 e. The van der Waals surface area contributed by atoms with Crippen LogP contribution in [0.3, 0.4) is 0 Å². The van der Waals surface area contributed by atoms with E-state index in [1.54, 1.807) is 0 Å². The first kappa shape index (κ1) is 19.9. The Bertz CT molecular complexity index is 742. The van der Waals surface area contributed by atoms with E-state index in [0.717, 1.165) is 0 Å². The molecule has 2 aliphatic rings. The van der Waals surface area contributed by atoms with Gasteiger partial charge in [-0.15, -0.1) is 0 Å². The van der Waals surface area contributed by atoms with Crippen LogP contribution in [0.2, 0.25) is 0 Å². The maximum atomic E-state index is 4.47. The van der Waals surface area contributed by atoms with Crippen LogP contribution in [0.4, 0.5) is 0 Å². The lowest BCUT2D eigenvalue weighted by atomic mass is 9.76. The summed E-state index contributed by atoms with van der Waals surface area (Å²) in [7, 11) is 4.11. The Labute approximate surface area is 171 Å². The Kier molecular flexibility index (Phi) is 5.32. The average molecular weight is 468 g/mol. The van der Waals surface area contributed by atoms with Crippen molar-refractivity contribution in [3.8, 4) is 0 Å². The largest absolute Gasteiger partial charge is 0.272 e. The number of rotatable bonds is 0. The highest BCUT2D eigenvalue weighted by molar-refractivity contribution is 14.1. The lowest BCUT2D eigenvalue weighted by Gasteiger charge is -2.29. The van der Waals surface area contributed by atoms with Crippen LogP contribution in [-0.2, 0) is 39.8 Å². The number of fused-ring (bicyclic) bond motifs is 2. The second-order valence-electron chi connectivity index (χ2n) is 9.66. The molecule has 0 radical (unpaired) electrons. The third-order valence-corrected chi connectivity index (χ3v) is 6.96. The zero-order chi connectivity index (χ0) is 19.3. The summed E-state index contributed by atoms with van der Waals surface area (Å²) in [5, 5.41) is 8.94. The van der Waals surface area contributed by atoms with Crippen LogP contribution in [0.15, 0.2) is 0 Å². The average Bonchev–Trinajstić information content (AvgIpc) is 2.94. The quantitative estimate of drug-likeness (QED) is 0.522. The van der Waals surface area contributed by atoms with Crippen molar-refractivity contribution in [3.05, 3.63) is 31.9 Å². The molecule has 4 rings (SSSR count). The predicted octanol–water partition coefficient (Wildman–Crippen LogP) is 4.78. The van der Waals surface area contributed by atoms with E-state index in [4.69, 9.17) is 0 Å². The SMILES string of the molecule is Cc1nn(C)c2c1CC(C)(C)CC2.Cn1nc(I)c2c1CCC(C)(C)C2. The highest BCUT2D eigenvalue weighted by Crippen LogP contribution is 2.36. The van der Waals surface area contributed by atoms with E-state index >= 15 is 0 Å². The van der Waals surface area contributed by atoms with Gasteiger partial charge in [-0.3, -0.25) is 9.36 Å². The third kappa shape index (κ3) is 4.02. The van der Waals surface area contributed by atoms with Crippen molar-refractivity contribution in [2.45, 2.75) is 73.1 Å². The van der Waals surface area contributed by atoms with E-state index < -0.39 is 0 Å². The first-order chi connectivity index (χ1) is 12.0.